The molecular formula is C24H23ClN2O3. The van der Waals surface area contributed by atoms with Crippen LogP contribution in [0.5, 0.6) is 5.75 Å². The zero-order valence-electron chi connectivity index (χ0n) is 16.9. The van der Waals surface area contributed by atoms with Crippen molar-refractivity contribution in [1.29, 1.82) is 0 Å². The number of anilines is 1. The van der Waals surface area contributed by atoms with E-state index >= 15 is 0 Å². The van der Waals surface area contributed by atoms with Gasteiger partial charge in [-0.05, 0) is 49.6 Å². The Balaban J connectivity index is 1.78. The quantitative estimate of drug-likeness (QED) is 0.739. The first-order valence-electron chi connectivity index (χ1n) is 10.0. The number of hydrogen-bond donors (Lipinski definition) is 1. The highest BCUT2D eigenvalue weighted by Gasteiger charge is 2.42. The van der Waals surface area contributed by atoms with Crippen LogP contribution >= 0.6 is 11.6 Å². The third-order valence-electron chi connectivity index (χ3n) is 5.69. The lowest BCUT2D eigenvalue weighted by Gasteiger charge is -2.35. The second-order valence-corrected chi connectivity index (χ2v) is 8.03. The summed E-state index contributed by atoms with van der Waals surface area (Å²) in [5.74, 6) is -0.625. The molecule has 1 N–H and O–H groups in total. The molecule has 0 spiro atoms. The number of nitrogens with zero attached hydrogens (tertiary/aromatic N) is 1. The lowest BCUT2D eigenvalue weighted by atomic mass is 9.71. The van der Waals surface area contributed by atoms with E-state index in [1.165, 1.54) is 0 Å². The number of ether oxygens (including phenoxy) is 1. The lowest BCUT2D eigenvalue weighted by Crippen LogP contribution is -2.39. The smallest absolute Gasteiger partial charge is 0.234 e. The van der Waals surface area contributed by atoms with E-state index in [-0.39, 0.29) is 11.7 Å². The highest BCUT2D eigenvalue weighted by atomic mass is 35.5. The molecule has 30 heavy (non-hydrogen) atoms. The lowest BCUT2D eigenvalue weighted by molar-refractivity contribution is -0.119. The molecule has 2 aromatic rings. The number of carbonyl (C=O) groups is 2. The number of carbonyl (C=O) groups excluding carboxylic acids is 2. The summed E-state index contributed by atoms with van der Waals surface area (Å²) < 4.78 is 5.36. The van der Waals surface area contributed by atoms with E-state index in [9.17, 15) is 9.59 Å². The molecule has 1 aliphatic heterocycles. The van der Waals surface area contributed by atoms with Crippen molar-refractivity contribution < 1.29 is 14.3 Å². The first-order valence-corrected chi connectivity index (χ1v) is 10.4. The summed E-state index contributed by atoms with van der Waals surface area (Å²) in [5.41, 5.74) is 3.57. The molecule has 2 atom stereocenters. The molecule has 2 aromatic carbocycles. The zero-order chi connectivity index (χ0) is 21.3. The Morgan fingerprint density at radius 2 is 1.97 bits per heavy atom. The second-order valence-electron chi connectivity index (χ2n) is 7.59. The van der Waals surface area contributed by atoms with E-state index in [1.54, 1.807) is 25.3 Å². The number of aliphatic imine (C=N–C) groups is 1. The number of nitrogens with one attached hydrogen (secondary N) is 1. The number of halogens is 1. The molecule has 2 aliphatic rings. The Labute approximate surface area is 180 Å². The fraction of sp³-hybridized carbons (Fsp3) is 0.292. The van der Waals surface area contributed by atoms with E-state index in [0.717, 1.165) is 24.1 Å². The fourth-order valence-electron chi connectivity index (χ4n) is 4.36. The van der Waals surface area contributed by atoms with Gasteiger partial charge in [-0.25, -0.2) is 0 Å². The molecule has 5 nitrogen and oxygen atoms in total. The van der Waals surface area contributed by atoms with E-state index < -0.39 is 11.8 Å². The van der Waals surface area contributed by atoms with Gasteiger partial charge in [0.25, 0.3) is 0 Å². The molecule has 0 aromatic heterocycles. The molecule has 1 unspecified atom stereocenters. The van der Waals surface area contributed by atoms with Crippen LogP contribution in [0.4, 0.5) is 5.69 Å². The van der Waals surface area contributed by atoms with E-state index in [1.807, 2.05) is 37.3 Å². The minimum atomic E-state index is -0.617. The number of amides is 1. The van der Waals surface area contributed by atoms with Gasteiger partial charge >= 0.3 is 0 Å². The van der Waals surface area contributed by atoms with Gasteiger partial charge in [-0.1, -0.05) is 35.9 Å². The molecule has 1 amide bonds. The SMILES string of the molecule is COc1ccccc1NC(=O)C1C(C)=NC2=C(C(=O)CCC2)[C@@H]1c1cccc(Cl)c1. The third kappa shape index (κ3) is 3.77. The maximum Gasteiger partial charge on any atom is 0.234 e. The van der Waals surface area contributed by atoms with Crippen molar-refractivity contribution in [2.45, 2.75) is 32.1 Å². The van der Waals surface area contributed by atoms with E-state index in [0.29, 0.717) is 34.2 Å². The Kier molecular flexibility index (Phi) is 5.73. The summed E-state index contributed by atoms with van der Waals surface area (Å²) in [6.07, 6.45) is 2.01. The van der Waals surface area contributed by atoms with Crippen molar-refractivity contribution >= 4 is 34.7 Å². The number of para-hydroxylation sites is 2. The average Bonchev–Trinajstić information content (AvgIpc) is 2.73. The van der Waals surface area contributed by atoms with Gasteiger partial charge in [0.15, 0.2) is 5.78 Å². The van der Waals surface area contributed by atoms with Crippen molar-refractivity contribution in [3.8, 4) is 5.75 Å². The minimum absolute atomic E-state index is 0.0626. The molecular weight excluding hydrogens is 400 g/mol. The van der Waals surface area contributed by atoms with E-state index in [2.05, 4.69) is 10.3 Å². The first kappa shape index (κ1) is 20.4. The number of allylic oxidation sites excluding steroid dienone is 2. The predicted octanol–water partition coefficient (Wildman–Crippen LogP) is 5.17. The van der Waals surface area contributed by atoms with Gasteiger partial charge in [0, 0.05) is 34.3 Å². The minimum Gasteiger partial charge on any atom is -0.495 e. The monoisotopic (exact) mass is 422 g/mol. The second kappa shape index (κ2) is 8.44. The molecule has 6 heteroatoms. The summed E-state index contributed by atoms with van der Waals surface area (Å²) >= 11 is 6.26. The number of rotatable bonds is 4. The molecule has 0 saturated heterocycles. The van der Waals surface area contributed by atoms with Crippen LogP contribution in [0, 0.1) is 5.92 Å². The summed E-state index contributed by atoms with van der Waals surface area (Å²) in [4.78, 5) is 31.1. The topological polar surface area (TPSA) is 67.8 Å². The van der Waals surface area contributed by atoms with E-state index in [4.69, 9.17) is 16.3 Å². The Hall–Kier alpha value is -2.92. The highest BCUT2D eigenvalue weighted by Crippen LogP contribution is 2.44. The zero-order valence-corrected chi connectivity index (χ0v) is 17.7. The van der Waals surface area contributed by atoms with Crippen molar-refractivity contribution in [3.05, 3.63) is 70.4 Å². The Morgan fingerprint density at radius 3 is 2.73 bits per heavy atom. The van der Waals surface area contributed by atoms with Crippen LogP contribution in [0.2, 0.25) is 5.02 Å². The highest BCUT2D eigenvalue weighted by molar-refractivity contribution is 6.30. The summed E-state index contributed by atoms with van der Waals surface area (Å²) in [7, 11) is 1.56. The predicted molar refractivity (Wildman–Crippen MR) is 118 cm³/mol. The molecule has 1 heterocycles. The van der Waals surface area contributed by atoms with Crippen molar-refractivity contribution in [3.63, 3.8) is 0 Å². The summed E-state index contributed by atoms with van der Waals surface area (Å²) in [5, 5.41) is 3.55. The molecule has 0 radical (unpaired) electrons. The molecule has 0 saturated carbocycles. The molecule has 1 aliphatic carbocycles. The molecule has 0 bridgehead atoms. The number of benzene rings is 2. The normalized spacial score (nSPS) is 21.0. The van der Waals surface area contributed by atoms with Crippen molar-refractivity contribution in [2.75, 3.05) is 12.4 Å². The van der Waals surface area contributed by atoms with Crippen LogP contribution < -0.4 is 10.1 Å². The molecule has 154 valence electrons. The number of ketones is 1. The van der Waals surface area contributed by atoms with Gasteiger partial charge in [-0.2, -0.15) is 0 Å². The van der Waals surface area contributed by atoms with Gasteiger partial charge in [-0.15, -0.1) is 0 Å². The summed E-state index contributed by atoms with van der Waals surface area (Å²) in [6, 6.07) is 14.6. The van der Waals surface area contributed by atoms with Crippen LogP contribution in [0.3, 0.4) is 0 Å². The molecule has 0 fully saturated rings. The van der Waals surface area contributed by atoms with Crippen molar-refractivity contribution in [1.82, 2.24) is 0 Å². The number of methoxy groups -OCH3 is 1. The van der Waals surface area contributed by atoms with Crippen LogP contribution in [0.25, 0.3) is 0 Å². The van der Waals surface area contributed by atoms with Gasteiger partial charge in [0.2, 0.25) is 5.91 Å². The van der Waals surface area contributed by atoms with Gasteiger partial charge in [-0.3, -0.25) is 14.6 Å². The average molecular weight is 423 g/mol. The standard InChI is InChI=1S/C24H23ClN2O3/c1-14-21(24(29)27-17-9-3-4-12-20(17)30-2)22(15-7-5-8-16(25)13-15)23-18(26-14)10-6-11-19(23)28/h3-5,7-9,12-13,21-22H,6,10-11H2,1-2H3,(H,27,29)/t21?,22-/m1/s1. The fourth-order valence-corrected chi connectivity index (χ4v) is 4.56. The van der Waals surface area contributed by atoms with Gasteiger partial charge < -0.3 is 10.1 Å². The van der Waals surface area contributed by atoms with Crippen LogP contribution in [-0.2, 0) is 9.59 Å². The summed E-state index contributed by atoms with van der Waals surface area (Å²) in [6.45, 7) is 1.85. The van der Waals surface area contributed by atoms with Crippen LogP contribution in [0.15, 0.2) is 64.8 Å². The Bertz CT molecular complexity index is 1070. The first-order chi connectivity index (χ1) is 14.5. The largest absolute Gasteiger partial charge is 0.495 e. The third-order valence-corrected chi connectivity index (χ3v) is 5.92. The van der Waals surface area contributed by atoms with Gasteiger partial charge in [0.05, 0.1) is 18.7 Å². The Morgan fingerprint density at radius 1 is 1.17 bits per heavy atom. The number of Topliss-reactive ketones (excluding diaryl/α,β-unsaturated/α-hetero) is 1. The maximum absolute atomic E-state index is 13.5. The maximum atomic E-state index is 13.5. The number of hydrogen-bond acceptors (Lipinski definition) is 4. The van der Waals surface area contributed by atoms with Crippen molar-refractivity contribution in [2.24, 2.45) is 10.9 Å². The van der Waals surface area contributed by atoms with Crippen LogP contribution in [0.1, 0.15) is 37.7 Å². The molecule has 4 rings (SSSR count). The van der Waals surface area contributed by atoms with Crippen LogP contribution in [-0.4, -0.2) is 24.5 Å². The van der Waals surface area contributed by atoms with Gasteiger partial charge in [0.1, 0.15) is 5.75 Å².